The number of hydrogen-bond donors (Lipinski definition) is 6. The zero-order valence-electron chi connectivity index (χ0n) is 28.6. The van der Waals surface area contributed by atoms with Crippen LogP contribution in [0.5, 0.6) is 0 Å². The van der Waals surface area contributed by atoms with Gasteiger partial charge in [-0.2, -0.15) is 9.97 Å². The van der Waals surface area contributed by atoms with Crippen LogP contribution in [-0.4, -0.2) is 72.4 Å². The molecule has 14 nitrogen and oxygen atoms in total. The van der Waals surface area contributed by atoms with Crippen LogP contribution >= 0.6 is 11.6 Å². The molecule has 2 atom stereocenters. The van der Waals surface area contributed by atoms with E-state index in [1.54, 1.807) is 18.5 Å². The first-order valence-corrected chi connectivity index (χ1v) is 16.7. The molecule has 15 heteroatoms. The Morgan fingerprint density at radius 3 is 2.02 bits per heavy atom. The third kappa shape index (κ3) is 10.2. The normalized spacial score (nSPS) is 13.8. The zero-order valence-corrected chi connectivity index (χ0v) is 29.4. The number of rotatable bonds is 17. The van der Waals surface area contributed by atoms with Crippen LogP contribution in [0.2, 0.25) is 5.02 Å². The molecule has 48 heavy (non-hydrogen) atoms. The third-order valence-electron chi connectivity index (χ3n) is 8.01. The summed E-state index contributed by atoms with van der Waals surface area (Å²) in [6.07, 6.45) is 8.45. The number of amides is 2. The maximum atomic E-state index is 11.9. The number of anilines is 4. The van der Waals surface area contributed by atoms with Gasteiger partial charge in [-0.25, -0.2) is 15.0 Å². The van der Waals surface area contributed by atoms with E-state index in [4.69, 9.17) is 22.3 Å². The lowest BCUT2D eigenvalue weighted by molar-refractivity contribution is -0.120. The molecule has 0 spiro atoms. The van der Waals surface area contributed by atoms with Gasteiger partial charge in [-0.3, -0.25) is 14.6 Å². The fraction of sp³-hybridized carbons (Fsp3) is 0.515. The average Bonchev–Trinajstić information content (AvgIpc) is 3.01. The molecule has 0 aromatic carbocycles. The van der Waals surface area contributed by atoms with Crippen LogP contribution < -0.4 is 32.3 Å². The number of aromatic nitrogens is 6. The van der Waals surface area contributed by atoms with Crippen molar-refractivity contribution >= 4 is 69.0 Å². The molecule has 0 aliphatic carbocycles. The molecule has 0 saturated carbocycles. The van der Waals surface area contributed by atoms with Gasteiger partial charge < -0.3 is 32.3 Å². The molecule has 0 bridgehead atoms. The molecule has 0 fully saturated rings. The lowest BCUT2D eigenvalue weighted by Gasteiger charge is -2.32. The van der Waals surface area contributed by atoms with E-state index in [0.29, 0.717) is 70.7 Å². The third-order valence-corrected chi connectivity index (χ3v) is 8.22. The summed E-state index contributed by atoms with van der Waals surface area (Å²) in [7, 11) is 0. The Hall–Kier alpha value is -4.59. The molecule has 4 heterocycles. The molecule has 0 saturated heterocycles. The molecule has 4 aromatic heterocycles. The summed E-state index contributed by atoms with van der Waals surface area (Å²) in [6, 6.07) is 3.68. The predicted octanol–water partition coefficient (Wildman–Crippen LogP) is 4.99. The van der Waals surface area contributed by atoms with Crippen molar-refractivity contribution in [1.29, 1.82) is 0 Å². The topological polar surface area (TPSA) is 198 Å². The first-order valence-electron chi connectivity index (χ1n) is 16.3. The van der Waals surface area contributed by atoms with Crippen LogP contribution in [-0.2, 0) is 9.59 Å². The summed E-state index contributed by atoms with van der Waals surface area (Å²) in [4.78, 5) is 50.9. The standard InChI is InChI=1S/C33H47ClN12O2/c1-7-8-11-32(5,18-39-21(3)47)46-29-27-25(15-23(34)17-38-27)42-31(44-29)36-13-10-9-12-33(6,19-40-22(4)48)45-28-26-24(41-30(35)43-28)14-20(2)16-37-26/h14-17H,7-13,18-19H2,1-6H3,(H,39,47)(H,40,48)(H3,35,41,43,45)(H2,36,42,44,46)/t32-,33-/m1/s1. The highest BCUT2D eigenvalue weighted by atomic mass is 35.5. The average molecular weight is 679 g/mol. The van der Waals surface area contributed by atoms with Gasteiger partial charge >= 0.3 is 0 Å². The number of nitrogen functional groups attached to an aromatic ring is 1. The molecule has 7 N–H and O–H groups in total. The summed E-state index contributed by atoms with van der Waals surface area (Å²) in [5.74, 6) is 1.45. The molecule has 258 valence electrons. The Morgan fingerprint density at radius 1 is 0.812 bits per heavy atom. The Bertz CT molecular complexity index is 1750. The number of nitrogens with zero attached hydrogens (tertiary/aromatic N) is 6. The first-order chi connectivity index (χ1) is 22.8. The van der Waals surface area contributed by atoms with E-state index in [2.05, 4.69) is 65.4 Å². The van der Waals surface area contributed by atoms with Crippen molar-refractivity contribution in [3.63, 3.8) is 0 Å². The second-order valence-electron chi connectivity index (χ2n) is 12.9. The van der Waals surface area contributed by atoms with Gasteiger partial charge in [-0.05, 0) is 64.2 Å². The monoisotopic (exact) mass is 678 g/mol. The minimum atomic E-state index is -0.554. The van der Waals surface area contributed by atoms with Crippen LogP contribution in [0.3, 0.4) is 0 Å². The second kappa shape index (κ2) is 16.0. The first kappa shape index (κ1) is 36.2. The van der Waals surface area contributed by atoms with Crippen molar-refractivity contribution in [2.45, 2.75) is 91.1 Å². The number of nitrogens with two attached hydrogens (primary N) is 1. The molecule has 2 amide bonds. The van der Waals surface area contributed by atoms with E-state index in [9.17, 15) is 9.59 Å². The van der Waals surface area contributed by atoms with Gasteiger partial charge in [0.25, 0.3) is 0 Å². The Kier molecular flexibility index (Phi) is 12.1. The maximum absolute atomic E-state index is 11.9. The summed E-state index contributed by atoms with van der Waals surface area (Å²) < 4.78 is 0. The van der Waals surface area contributed by atoms with Crippen LogP contribution in [0.1, 0.15) is 78.7 Å². The zero-order chi connectivity index (χ0) is 34.9. The number of carbonyl (C=O) groups is 2. The Labute approximate surface area is 286 Å². The second-order valence-corrected chi connectivity index (χ2v) is 13.3. The highest BCUT2D eigenvalue weighted by Crippen LogP contribution is 2.28. The van der Waals surface area contributed by atoms with E-state index in [1.165, 1.54) is 13.8 Å². The van der Waals surface area contributed by atoms with Crippen molar-refractivity contribution < 1.29 is 9.59 Å². The van der Waals surface area contributed by atoms with E-state index in [1.807, 2.05) is 19.9 Å². The minimum Gasteiger partial charge on any atom is -0.368 e. The van der Waals surface area contributed by atoms with Gasteiger partial charge in [0, 0.05) is 45.9 Å². The van der Waals surface area contributed by atoms with Gasteiger partial charge in [-0.15, -0.1) is 0 Å². The predicted molar refractivity (Wildman–Crippen MR) is 192 cm³/mol. The summed E-state index contributed by atoms with van der Waals surface area (Å²) in [5.41, 5.74) is 8.45. The summed E-state index contributed by atoms with van der Waals surface area (Å²) in [6.45, 7) is 12.6. The minimum absolute atomic E-state index is 0.0935. The fourth-order valence-electron chi connectivity index (χ4n) is 5.39. The maximum Gasteiger partial charge on any atom is 0.225 e. The van der Waals surface area contributed by atoms with Crippen molar-refractivity contribution in [3.8, 4) is 0 Å². The molecule has 0 aliphatic heterocycles. The molecule has 4 rings (SSSR count). The molecule has 0 aliphatic rings. The number of carbonyl (C=O) groups excluding carboxylic acids is 2. The molecular weight excluding hydrogens is 632 g/mol. The summed E-state index contributed by atoms with van der Waals surface area (Å²) >= 11 is 6.29. The van der Waals surface area contributed by atoms with E-state index < -0.39 is 11.1 Å². The van der Waals surface area contributed by atoms with Crippen LogP contribution in [0, 0.1) is 6.92 Å². The largest absolute Gasteiger partial charge is 0.368 e. The van der Waals surface area contributed by atoms with Crippen LogP contribution in [0.4, 0.5) is 23.5 Å². The Balaban J connectivity index is 1.47. The lowest BCUT2D eigenvalue weighted by Crippen LogP contribution is -2.46. The van der Waals surface area contributed by atoms with Crippen molar-refractivity contribution in [2.24, 2.45) is 0 Å². The molecule has 0 radical (unpaired) electrons. The number of hydrogen-bond acceptors (Lipinski definition) is 12. The van der Waals surface area contributed by atoms with E-state index in [0.717, 1.165) is 37.7 Å². The summed E-state index contributed by atoms with van der Waals surface area (Å²) in [5, 5.41) is 16.8. The van der Waals surface area contributed by atoms with Gasteiger partial charge in [0.15, 0.2) is 11.6 Å². The Morgan fingerprint density at radius 2 is 1.40 bits per heavy atom. The van der Waals surface area contributed by atoms with E-state index in [-0.39, 0.29) is 17.8 Å². The van der Waals surface area contributed by atoms with Gasteiger partial charge in [0.1, 0.15) is 11.0 Å². The smallest absolute Gasteiger partial charge is 0.225 e. The van der Waals surface area contributed by atoms with Gasteiger partial charge in [0.2, 0.25) is 23.7 Å². The van der Waals surface area contributed by atoms with Crippen molar-refractivity contribution in [1.82, 2.24) is 40.5 Å². The number of unbranched alkanes of at least 4 members (excludes halogenated alkanes) is 2. The van der Waals surface area contributed by atoms with Gasteiger partial charge in [0.05, 0.1) is 27.1 Å². The fourth-order valence-corrected chi connectivity index (χ4v) is 5.55. The highest BCUT2D eigenvalue weighted by Gasteiger charge is 2.28. The number of halogens is 1. The van der Waals surface area contributed by atoms with Crippen LogP contribution in [0.15, 0.2) is 24.5 Å². The number of aryl methyl sites for hydroxylation is 1. The SMILES string of the molecule is CCCC[C@](C)(CNC(C)=O)Nc1nc(NCCCC[C@](C)(CNC(C)=O)Nc2nc(N)nc3cc(C)cnc23)nc2cc(Cl)cnc12. The number of nitrogens with one attached hydrogen (secondary N) is 5. The van der Waals surface area contributed by atoms with Crippen molar-refractivity contribution in [2.75, 3.05) is 41.3 Å². The van der Waals surface area contributed by atoms with Crippen LogP contribution in [0.25, 0.3) is 22.1 Å². The lowest BCUT2D eigenvalue weighted by atomic mass is 9.94. The molecular formula is C33H47ClN12O2. The number of pyridine rings is 2. The number of fused-ring (bicyclic) bond motifs is 2. The highest BCUT2D eigenvalue weighted by molar-refractivity contribution is 6.31. The molecule has 4 aromatic rings. The van der Waals surface area contributed by atoms with E-state index >= 15 is 0 Å². The van der Waals surface area contributed by atoms with Crippen molar-refractivity contribution in [3.05, 3.63) is 35.1 Å². The quantitative estimate of drug-likeness (QED) is 0.0819. The van der Waals surface area contributed by atoms with Gasteiger partial charge in [-0.1, -0.05) is 31.4 Å². The molecule has 0 unspecified atom stereocenters.